The van der Waals surface area contributed by atoms with Gasteiger partial charge in [0.15, 0.2) is 5.96 Å². The number of nitrogens with zero attached hydrogens (tertiary/aromatic N) is 2. The van der Waals surface area contributed by atoms with E-state index >= 15 is 0 Å². The predicted molar refractivity (Wildman–Crippen MR) is 108 cm³/mol. The molecule has 0 amide bonds. The van der Waals surface area contributed by atoms with Gasteiger partial charge in [-0.15, -0.1) is 35.7 Å². The fourth-order valence-electron chi connectivity index (χ4n) is 1.91. The Kier molecular flexibility index (Phi) is 12.7. The highest BCUT2D eigenvalue weighted by Gasteiger charge is 2.06. The fourth-order valence-corrected chi connectivity index (χ4v) is 2.32. The predicted octanol–water partition coefficient (Wildman–Crippen LogP) is 3.46. The van der Waals surface area contributed by atoms with Crippen molar-refractivity contribution in [3.8, 4) is 0 Å². The molecule has 1 rings (SSSR count). The molecule has 0 saturated heterocycles. The summed E-state index contributed by atoms with van der Waals surface area (Å²) in [4.78, 5) is 8.02. The molecule has 0 atom stereocenters. The molecule has 126 valence electrons. The monoisotopic (exact) mass is 437 g/mol. The van der Waals surface area contributed by atoms with Crippen molar-refractivity contribution >= 4 is 41.7 Å². The van der Waals surface area contributed by atoms with Crippen molar-refractivity contribution < 1.29 is 4.74 Å². The van der Waals surface area contributed by atoms with Crippen LogP contribution >= 0.6 is 35.7 Å². The number of halogens is 1. The topological polar surface area (TPSA) is 36.9 Å². The molecule has 0 radical (unpaired) electrons. The van der Waals surface area contributed by atoms with E-state index < -0.39 is 0 Å². The third-order valence-electron chi connectivity index (χ3n) is 2.98. The van der Waals surface area contributed by atoms with E-state index in [1.807, 2.05) is 6.92 Å². The Morgan fingerprint density at radius 3 is 2.50 bits per heavy atom. The number of thioether (sulfide) groups is 1. The summed E-state index contributed by atoms with van der Waals surface area (Å²) < 4.78 is 5.33. The fraction of sp³-hybridized carbons (Fsp3) is 0.562. The normalized spacial score (nSPS) is 11.0. The van der Waals surface area contributed by atoms with Crippen LogP contribution in [0.4, 0.5) is 0 Å². The van der Waals surface area contributed by atoms with Gasteiger partial charge < -0.3 is 15.0 Å². The van der Waals surface area contributed by atoms with Gasteiger partial charge in [-0.25, -0.2) is 0 Å². The first-order valence-electron chi connectivity index (χ1n) is 7.41. The Balaban J connectivity index is 0.00000441. The van der Waals surface area contributed by atoms with Crippen molar-refractivity contribution in [1.29, 1.82) is 0 Å². The molecule has 0 aliphatic rings. The van der Waals surface area contributed by atoms with Crippen LogP contribution < -0.4 is 5.32 Å². The minimum Gasteiger partial charge on any atom is -0.380 e. The van der Waals surface area contributed by atoms with Crippen LogP contribution in [0.2, 0.25) is 0 Å². The van der Waals surface area contributed by atoms with Crippen LogP contribution in [-0.4, -0.2) is 50.5 Å². The molecular formula is C16H28IN3OS. The van der Waals surface area contributed by atoms with Crippen LogP contribution in [-0.2, 0) is 11.3 Å². The maximum atomic E-state index is 5.33. The van der Waals surface area contributed by atoms with E-state index in [1.54, 1.807) is 11.8 Å². The van der Waals surface area contributed by atoms with E-state index in [9.17, 15) is 0 Å². The van der Waals surface area contributed by atoms with E-state index in [4.69, 9.17) is 4.74 Å². The minimum absolute atomic E-state index is 0. The lowest BCUT2D eigenvalue weighted by molar-refractivity contribution is 0.155. The number of hydrogen-bond donors (Lipinski definition) is 1. The van der Waals surface area contributed by atoms with Crippen molar-refractivity contribution in [2.75, 3.05) is 39.6 Å². The summed E-state index contributed by atoms with van der Waals surface area (Å²) in [5.74, 6) is 0.922. The summed E-state index contributed by atoms with van der Waals surface area (Å²) >= 11 is 1.76. The van der Waals surface area contributed by atoms with Gasteiger partial charge in [-0.05, 0) is 37.8 Å². The molecule has 0 aliphatic carbocycles. The highest BCUT2D eigenvalue weighted by molar-refractivity contribution is 14.0. The van der Waals surface area contributed by atoms with Crippen molar-refractivity contribution in [1.82, 2.24) is 10.2 Å². The number of benzene rings is 1. The van der Waals surface area contributed by atoms with E-state index in [2.05, 4.69) is 59.7 Å². The van der Waals surface area contributed by atoms with Gasteiger partial charge in [0, 0.05) is 31.6 Å². The second-order valence-electron chi connectivity index (χ2n) is 4.64. The van der Waals surface area contributed by atoms with Gasteiger partial charge in [0.1, 0.15) is 0 Å². The number of ether oxygens (including phenoxy) is 1. The van der Waals surface area contributed by atoms with Gasteiger partial charge in [-0.2, -0.15) is 0 Å². The molecule has 0 aromatic heterocycles. The SMILES string of the molecule is CCNC(=NCCOCC)N(C)Cc1ccc(SC)cc1.I. The highest BCUT2D eigenvalue weighted by atomic mass is 127. The molecule has 0 bridgehead atoms. The van der Waals surface area contributed by atoms with E-state index in [-0.39, 0.29) is 24.0 Å². The first kappa shape index (κ1) is 21.5. The number of aliphatic imine (C=N–C) groups is 1. The maximum absolute atomic E-state index is 5.33. The van der Waals surface area contributed by atoms with E-state index in [0.29, 0.717) is 13.2 Å². The van der Waals surface area contributed by atoms with E-state index in [0.717, 1.165) is 25.7 Å². The molecule has 0 fully saturated rings. The lowest BCUT2D eigenvalue weighted by Gasteiger charge is -2.22. The van der Waals surface area contributed by atoms with Crippen LogP contribution in [0.25, 0.3) is 0 Å². The van der Waals surface area contributed by atoms with Crippen LogP contribution in [0.3, 0.4) is 0 Å². The molecule has 1 N–H and O–H groups in total. The molecule has 0 heterocycles. The second kappa shape index (κ2) is 13.0. The summed E-state index contributed by atoms with van der Waals surface area (Å²) in [5.41, 5.74) is 1.28. The Morgan fingerprint density at radius 1 is 1.27 bits per heavy atom. The average molecular weight is 437 g/mol. The summed E-state index contributed by atoms with van der Waals surface area (Å²) in [6, 6.07) is 8.66. The van der Waals surface area contributed by atoms with Crippen LogP contribution in [0.1, 0.15) is 19.4 Å². The van der Waals surface area contributed by atoms with Crippen LogP contribution in [0.5, 0.6) is 0 Å². The third kappa shape index (κ3) is 8.24. The quantitative estimate of drug-likeness (QED) is 0.222. The van der Waals surface area contributed by atoms with Crippen LogP contribution in [0.15, 0.2) is 34.2 Å². The molecule has 0 spiro atoms. The van der Waals surface area contributed by atoms with Crippen molar-refractivity contribution in [3.05, 3.63) is 29.8 Å². The summed E-state index contributed by atoms with van der Waals surface area (Å²) in [6.45, 7) is 7.88. The zero-order valence-corrected chi connectivity index (χ0v) is 17.1. The lowest BCUT2D eigenvalue weighted by atomic mass is 10.2. The third-order valence-corrected chi connectivity index (χ3v) is 3.72. The van der Waals surface area contributed by atoms with Gasteiger partial charge in [0.05, 0.1) is 13.2 Å². The number of hydrogen-bond acceptors (Lipinski definition) is 3. The Hall–Kier alpha value is -0.470. The molecule has 6 heteroatoms. The van der Waals surface area contributed by atoms with Gasteiger partial charge in [0.2, 0.25) is 0 Å². The Bertz CT molecular complexity index is 426. The summed E-state index contributed by atoms with van der Waals surface area (Å²) in [5, 5.41) is 3.32. The van der Waals surface area contributed by atoms with Crippen molar-refractivity contribution in [2.24, 2.45) is 4.99 Å². The van der Waals surface area contributed by atoms with E-state index in [1.165, 1.54) is 10.5 Å². The smallest absolute Gasteiger partial charge is 0.194 e. The van der Waals surface area contributed by atoms with Crippen molar-refractivity contribution in [3.63, 3.8) is 0 Å². The standard InChI is InChI=1S/C16H27N3OS.HI/c1-5-17-16(18-11-12-20-6-2)19(3)13-14-7-9-15(21-4)10-8-14;/h7-10H,5-6,11-13H2,1-4H3,(H,17,18);1H. The molecule has 0 saturated carbocycles. The van der Waals surface area contributed by atoms with Crippen LogP contribution in [0, 0.1) is 0 Å². The highest BCUT2D eigenvalue weighted by Crippen LogP contribution is 2.15. The molecular weight excluding hydrogens is 409 g/mol. The molecule has 1 aromatic carbocycles. The molecule has 0 unspecified atom stereocenters. The average Bonchev–Trinajstić information content (AvgIpc) is 2.51. The largest absolute Gasteiger partial charge is 0.380 e. The Labute approximate surface area is 156 Å². The molecule has 0 aliphatic heterocycles. The van der Waals surface area contributed by atoms with Crippen molar-refractivity contribution in [2.45, 2.75) is 25.3 Å². The van der Waals surface area contributed by atoms with Gasteiger partial charge in [-0.3, -0.25) is 4.99 Å². The number of rotatable bonds is 8. The zero-order valence-electron chi connectivity index (χ0n) is 14.0. The Morgan fingerprint density at radius 2 is 1.95 bits per heavy atom. The second-order valence-corrected chi connectivity index (χ2v) is 5.52. The number of guanidine groups is 1. The minimum atomic E-state index is 0. The summed E-state index contributed by atoms with van der Waals surface area (Å²) in [7, 11) is 2.06. The molecule has 22 heavy (non-hydrogen) atoms. The van der Waals surface area contributed by atoms with Gasteiger partial charge in [0.25, 0.3) is 0 Å². The number of nitrogens with one attached hydrogen (secondary N) is 1. The summed E-state index contributed by atoms with van der Waals surface area (Å²) in [6.07, 6.45) is 2.09. The maximum Gasteiger partial charge on any atom is 0.194 e. The van der Waals surface area contributed by atoms with Gasteiger partial charge in [-0.1, -0.05) is 12.1 Å². The molecule has 4 nitrogen and oxygen atoms in total. The molecule has 1 aromatic rings. The van der Waals surface area contributed by atoms with Gasteiger partial charge >= 0.3 is 0 Å². The first-order chi connectivity index (χ1) is 10.2. The first-order valence-corrected chi connectivity index (χ1v) is 8.63. The lowest BCUT2D eigenvalue weighted by Crippen LogP contribution is -2.38. The zero-order chi connectivity index (χ0) is 15.5.